The molecule has 1 rings (SSSR count). The van der Waals surface area contributed by atoms with E-state index in [2.05, 4.69) is 15.6 Å². The average molecular weight is 536 g/mol. The first-order valence-corrected chi connectivity index (χ1v) is 10.3. The molecule has 1 aromatic rings. The van der Waals surface area contributed by atoms with Crippen LogP contribution in [0.15, 0.2) is 29.3 Å². The highest BCUT2D eigenvalue weighted by Crippen LogP contribution is 2.29. The van der Waals surface area contributed by atoms with Crippen molar-refractivity contribution in [3.05, 3.63) is 35.4 Å². The summed E-state index contributed by atoms with van der Waals surface area (Å²) in [7, 11) is -0.00860. The van der Waals surface area contributed by atoms with Gasteiger partial charge >= 0.3 is 6.18 Å². The normalized spacial score (nSPS) is 12.6. The van der Waals surface area contributed by atoms with Crippen molar-refractivity contribution in [2.45, 2.75) is 25.9 Å². The second-order valence-electron chi connectivity index (χ2n) is 5.95. The van der Waals surface area contributed by atoms with E-state index in [1.165, 1.54) is 16.4 Å². The summed E-state index contributed by atoms with van der Waals surface area (Å²) in [5.74, 6) is 0.632. The predicted molar refractivity (Wildman–Crippen MR) is 117 cm³/mol. The number of rotatable bonds is 9. The molecule has 0 radical (unpaired) electrons. The van der Waals surface area contributed by atoms with Crippen molar-refractivity contribution in [3.8, 4) is 0 Å². The van der Waals surface area contributed by atoms with Crippen LogP contribution in [0.5, 0.6) is 0 Å². The average Bonchev–Trinajstić information content (AvgIpc) is 2.63. The monoisotopic (exact) mass is 536 g/mol. The Hall–Kier alpha value is -1.08. The zero-order valence-corrected chi connectivity index (χ0v) is 19.4. The maximum Gasteiger partial charge on any atom is 0.416 e. The van der Waals surface area contributed by atoms with Crippen molar-refractivity contribution in [3.63, 3.8) is 0 Å². The first-order valence-electron chi connectivity index (χ1n) is 8.64. The predicted octanol–water partition coefficient (Wildman–Crippen LogP) is 2.70. The maximum atomic E-state index is 12.5. The van der Waals surface area contributed by atoms with Crippen LogP contribution in [0, 0.1) is 0 Å². The fourth-order valence-corrected chi connectivity index (χ4v) is 3.12. The minimum atomic E-state index is -4.33. The van der Waals surface area contributed by atoms with E-state index in [9.17, 15) is 21.6 Å². The van der Waals surface area contributed by atoms with Crippen molar-refractivity contribution in [1.29, 1.82) is 0 Å². The van der Waals surface area contributed by atoms with Crippen LogP contribution in [-0.4, -0.2) is 58.2 Å². The molecule has 0 spiro atoms. The van der Waals surface area contributed by atoms with E-state index in [-0.39, 0.29) is 29.7 Å². The molecule has 0 aliphatic heterocycles. The number of nitrogens with zero attached hydrogens (tertiary/aromatic N) is 2. The summed E-state index contributed by atoms with van der Waals surface area (Å²) in [4.78, 5) is 4.06. The third-order valence-electron chi connectivity index (χ3n) is 3.99. The lowest BCUT2D eigenvalue weighted by molar-refractivity contribution is -0.137. The van der Waals surface area contributed by atoms with Crippen LogP contribution in [0.4, 0.5) is 13.2 Å². The van der Waals surface area contributed by atoms with Gasteiger partial charge in [-0.2, -0.15) is 13.2 Å². The van der Waals surface area contributed by atoms with E-state index in [1.54, 1.807) is 21.0 Å². The molecule has 0 unspecified atom stereocenters. The topological polar surface area (TPSA) is 73.8 Å². The van der Waals surface area contributed by atoms with Gasteiger partial charge in [-0.1, -0.05) is 12.1 Å². The van der Waals surface area contributed by atoms with Crippen LogP contribution in [0.2, 0.25) is 0 Å². The Morgan fingerprint density at radius 3 is 2.21 bits per heavy atom. The van der Waals surface area contributed by atoms with E-state index in [0.29, 0.717) is 38.4 Å². The van der Waals surface area contributed by atoms with Gasteiger partial charge in [0.05, 0.1) is 11.3 Å². The van der Waals surface area contributed by atoms with Gasteiger partial charge in [0, 0.05) is 33.7 Å². The van der Waals surface area contributed by atoms with Gasteiger partial charge in [-0.15, -0.1) is 24.0 Å². The second-order valence-corrected chi connectivity index (χ2v) is 8.31. The van der Waals surface area contributed by atoms with Crippen LogP contribution < -0.4 is 10.6 Å². The van der Waals surface area contributed by atoms with Crippen molar-refractivity contribution < 1.29 is 21.6 Å². The number of guanidine groups is 1. The van der Waals surface area contributed by atoms with Crippen molar-refractivity contribution >= 4 is 40.0 Å². The van der Waals surface area contributed by atoms with Crippen molar-refractivity contribution in [1.82, 2.24) is 14.9 Å². The van der Waals surface area contributed by atoms with Gasteiger partial charge < -0.3 is 10.6 Å². The Balaban J connectivity index is 0.00000729. The van der Waals surface area contributed by atoms with E-state index in [4.69, 9.17) is 0 Å². The summed E-state index contributed by atoms with van der Waals surface area (Å²) in [6.45, 7) is 3.07. The van der Waals surface area contributed by atoms with Gasteiger partial charge in [0.15, 0.2) is 5.96 Å². The Kier molecular flexibility index (Phi) is 12.0. The minimum absolute atomic E-state index is 0. The summed E-state index contributed by atoms with van der Waals surface area (Å²) in [5.41, 5.74) is 0.129. The Labute approximate surface area is 182 Å². The molecular weight excluding hydrogens is 508 g/mol. The molecule has 2 N–H and O–H groups in total. The molecule has 0 aromatic heterocycles. The lowest BCUT2D eigenvalue weighted by Gasteiger charge is -2.17. The van der Waals surface area contributed by atoms with Crippen LogP contribution in [0.3, 0.4) is 0 Å². The molecule has 0 fully saturated rings. The molecule has 28 heavy (non-hydrogen) atoms. The van der Waals surface area contributed by atoms with E-state index < -0.39 is 21.8 Å². The Morgan fingerprint density at radius 2 is 1.71 bits per heavy atom. The number of halogens is 4. The Morgan fingerprint density at radius 1 is 1.14 bits per heavy atom. The summed E-state index contributed by atoms with van der Waals surface area (Å²) in [5, 5.41) is 6.16. The molecule has 0 amide bonds. The Bertz CT molecular complexity index is 710. The van der Waals surface area contributed by atoms with Gasteiger partial charge in [-0.25, -0.2) is 12.7 Å². The summed E-state index contributed by atoms with van der Waals surface area (Å²) in [6.07, 6.45) is -3.15. The standard InChI is InChI=1S/C17H27F3N4O2S.HI/c1-4-27(25,26)24(3)13-5-11-22-16(21-2)23-12-10-14-6-8-15(9-7-14)17(18,19)20;/h6-9H,4-5,10-13H2,1-3H3,(H2,21,22,23);1H. The largest absolute Gasteiger partial charge is 0.416 e. The van der Waals surface area contributed by atoms with E-state index >= 15 is 0 Å². The van der Waals surface area contributed by atoms with Gasteiger partial charge in [0.25, 0.3) is 0 Å². The van der Waals surface area contributed by atoms with Crippen LogP contribution in [-0.2, 0) is 22.6 Å². The van der Waals surface area contributed by atoms with Crippen LogP contribution in [0.1, 0.15) is 24.5 Å². The third-order valence-corrected chi connectivity index (χ3v) is 5.85. The summed E-state index contributed by atoms with van der Waals surface area (Å²) >= 11 is 0. The zero-order valence-electron chi connectivity index (χ0n) is 16.2. The molecule has 0 atom stereocenters. The molecule has 0 bridgehead atoms. The third kappa shape index (κ3) is 9.41. The highest BCUT2D eigenvalue weighted by Gasteiger charge is 2.29. The molecule has 0 heterocycles. The summed E-state index contributed by atoms with van der Waals surface area (Å²) < 4.78 is 62.2. The summed E-state index contributed by atoms with van der Waals surface area (Å²) in [6, 6.07) is 5.07. The fourth-order valence-electron chi connectivity index (χ4n) is 2.27. The molecule has 6 nitrogen and oxygen atoms in total. The molecule has 0 aliphatic rings. The van der Waals surface area contributed by atoms with Gasteiger partial charge in [0.2, 0.25) is 10.0 Å². The number of aliphatic imine (C=N–C) groups is 1. The number of nitrogens with one attached hydrogen (secondary N) is 2. The number of alkyl halides is 3. The van der Waals surface area contributed by atoms with Crippen LogP contribution >= 0.6 is 24.0 Å². The van der Waals surface area contributed by atoms with Crippen molar-refractivity contribution in [2.75, 3.05) is 39.5 Å². The first kappa shape index (κ1) is 26.9. The molecule has 0 saturated heterocycles. The quantitative estimate of drug-likeness (QED) is 0.221. The fraction of sp³-hybridized carbons (Fsp3) is 0.588. The van der Waals surface area contributed by atoms with Gasteiger partial charge in [0.1, 0.15) is 0 Å². The van der Waals surface area contributed by atoms with Crippen molar-refractivity contribution in [2.24, 2.45) is 4.99 Å². The first-order chi connectivity index (χ1) is 12.6. The van der Waals surface area contributed by atoms with Gasteiger partial charge in [-0.3, -0.25) is 4.99 Å². The molecule has 0 aliphatic carbocycles. The number of sulfonamides is 1. The number of hydrogen-bond acceptors (Lipinski definition) is 3. The molecule has 11 heteroatoms. The lowest BCUT2D eigenvalue weighted by atomic mass is 10.1. The van der Waals surface area contributed by atoms with E-state index in [1.807, 2.05) is 0 Å². The zero-order chi connectivity index (χ0) is 20.5. The molecule has 162 valence electrons. The van der Waals surface area contributed by atoms with Crippen LogP contribution in [0.25, 0.3) is 0 Å². The van der Waals surface area contributed by atoms with E-state index in [0.717, 1.165) is 17.7 Å². The maximum absolute atomic E-state index is 12.5. The SMILES string of the molecule is CCS(=O)(=O)N(C)CCCNC(=NC)NCCc1ccc(C(F)(F)F)cc1.I. The highest BCUT2D eigenvalue weighted by molar-refractivity contribution is 14.0. The smallest absolute Gasteiger partial charge is 0.356 e. The lowest BCUT2D eigenvalue weighted by Crippen LogP contribution is -2.39. The number of benzene rings is 1. The molecule has 0 saturated carbocycles. The minimum Gasteiger partial charge on any atom is -0.356 e. The number of hydrogen-bond donors (Lipinski definition) is 2. The van der Waals surface area contributed by atoms with Gasteiger partial charge in [-0.05, 0) is 37.5 Å². The highest BCUT2D eigenvalue weighted by atomic mass is 127. The second kappa shape index (κ2) is 12.5. The molecule has 1 aromatic carbocycles. The molecular formula is C17H28F3IN4O2S.